The number of aryl methyl sites for hydroxylation is 1. The zero-order valence-corrected chi connectivity index (χ0v) is 23.4. The van der Waals surface area contributed by atoms with E-state index in [4.69, 9.17) is 5.26 Å². The summed E-state index contributed by atoms with van der Waals surface area (Å²) in [6.45, 7) is -0.739. The van der Waals surface area contributed by atoms with Gasteiger partial charge in [-0.1, -0.05) is 18.2 Å². The second-order valence-corrected chi connectivity index (χ2v) is 13.4. The molecule has 0 spiro atoms. The van der Waals surface area contributed by atoms with Crippen molar-refractivity contribution in [2.75, 3.05) is 19.6 Å². The van der Waals surface area contributed by atoms with E-state index in [1.165, 1.54) is 9.80 Å². The molecule has 238 valence electrons. The minimum absolute atomic E-state index is 0.212. The third-order valence-corrected chi connectivity index (χ3v) is 11.4. The van der Waals surface area contributed by atoms with E-state index in [0.29, 0.717) is 12.1 Å². The Morgan fingerprint density at radius 3 is 2.25 bits per heavy atom. The van der Waals surface area contributed by atoms with Gasteiger partial charge < -0.3 is 4.90 Å². The number of fused-ring (bicyclic) bond motifs is 3. The molecule has 2 aromatic carbocycles. The van der Waals surface area contributed by atoms with Crippen molar-refractivity contribution in [2.24, 2.45) is 0 Å². The molecule has 0 saturated carbocycles. The molecule has 44 heavy (non-hydrogen) atoms. The fourth-order valence-corrected chi connectivity index (χ4v) is 9.25. The molecule has 6 nitrogen and oxygen atoms in total. The van der Waals surface area contributed by atoms with E-state index in [9.17, 15) is 52.7 Å². The van der Waals surface area contributed by atoms with E-state index >= 15 is 0 Å². The first-order valence-corrected chi connectivity index (χ1v) is 14.9. The number of rotatable bonds is 5. The van der Waals surface area contributed by atoms with Crippen molar-refractivity contribution in [3.8, 4) is 6.07 Å². The van der Waals surface area contributed by atoms with Gasteiger partial charge in [0.25, 0.3) is 0 Å². The molecule has 16 heteroatoms. The molecule has 0 unspecified atom stereocenters. The summed E-state index contributed by atoms with van der Waals surface area (Å²) in [6, 6.07) is 4.44. The Kier molecular flexibility index (Phi) is 7.76. The number of amides is 1. The number of hydrogen-bond donors (Lipinski definition) is 0. The highest BCUT2D eigenvalue weighted by atomic mass is 32.2. The van der Waals surface area contributed by atoms with E-state index in [0.717, 1.165) is 24.3 Å². The number of carbonyl (C=O) groups is 1. The van der Waals surface area contributed by atoms with Gasteiger partial charge in [0.15, 0.2) is 9.84 Å². The maximum absolute atomic E-state index is 15.0. The topological polar surface area (TPSA) is 81.5 Å². The quantitative estimate of drug-likeness (QED) is 0.250. The molecule has 0 bridgehead atoms. The van der Waals surface area contributed by atoms with E-state index < -0.39 is 73.0 Å². The number of likely N-dealkylation sites (tertiary alicyclic amines) is 2. The molecule has 2 aromatic rings. The number of nitrogens with zero attached hydrogens (tertiary/aromatic N) is 3. The van der Waals surface area contributed by atoms with Gasteiger partial charge in [0.1, 0.15) is 16.7 Å². The zero-order chi connectivity index (χ0) is 32.5. The van der Waals surface area contributed by atoms with Crippen LogP contribution in [0.4, 0.5) is 39.5 Å². The van der Waals surface area contributed by atoms with E-state index in [1.54, 1.807) is 0 Å². The van der Waals surface area contributed by atoms with Gasteiger partial charge in [-0.25, -0.2) is 21.6 Å². The molecule has 2 heterocycles. The van der Waals surface area contributed by atoms with Gasteiger partial charge in [-0.2, -0.15) is 31.6 Å². The Morgan fingerprint density at radius 2 is 1.66 bits per heavy atom. The average molecular weight is 654 g/mol. The minimum atomic E-state index is -6.39. The van der Waals surface area contributed by atoms with Crippen LogP contribution in [0.15, 0.2) is 47.4 Å². The lowest BCUT2D eigenvalue weighted by atomic mass is 9.76. The summed E-state index contributed by atoms with van der Waals surface area (Å²) in [5.74, 6) is -1.47. The molecule has 2 fully saturated rings. The van der Waals surface area contributed by atoms with E-state index in [-0.39, 0.29) is 62.5 Å². The summed E-state index contributed by atoms with van der Waals surface area (Å²) >= 11 is 0. The third-order valence-electron chi connectivity index (χ3n) is 8.86. The third kappa shape index (κ3) is 4.65. The highest BCUT2D eigenvalue weighted by molar-refractivity contribution is 7.92. The van der Waals surface area contributed by atoms with Gasteiger partial charge in [-0.15, -0.1) is 0 Å². The van der Waals surface area contributed by atoms with Crippen molar-refractivity contribution in [3.63, 3.8) is 0 Å². The Labute approximate surface area is 245 Å². The number of carbonyl (C=O) groups excluding carboxylic acids is 1. The molecule has 1 amide bonds. The summed E-state index contributed by atoms with van der Waals surface area (Å²) in [4.78, 5) is 15.9. The second-order valence-electron chi connectivity index (χ2n) is 11.1. The fourth-order valence-electron chi connectivity index (χ4n) is 6.88. The normalized spacial score (nSPS) is 26.3. The Balaban J connectivity index is 1.67. The maximum Gasteiger partial charge on any atom is 0.435 e. The van der Waals surface area contributed by atoms with E-state index in [1.807, 2.05) is 6.07 Å². The molecule has 5 rings (SSSR count). The lowest BCUT2D eigenvalue weighted by molar-refractivity contribution is -0.348. The molecular formula is C28H24F9N3O3S. The van der Waals surface area contributed by atoms with Crippen molar-refractivity contribution >= 4 is 15.7 Å². The van der Waals surface area contributed by atoms with Crippen LogP contribution < -0.4 is 0 Å². The van der Waals surface area contributed by atoms with Crippen LogP contribution >= 0.6 is 0 Å². The van der Waals surface area contributed by atoms with Crippen LogP contribution in [-0.2, 0) is 31.5 Å². The van der Waals surface area contributed by atoms with Gasteiger partial charge in [-0.05, 0) is 54.7 Å². The first-order chi connectivity index (χ1) is 20.4. The number of nitriles is 1. The van der Waals surface area contributed by atoms with Crippen molar-refractivity contribution in [2.45, 2.75) is 71.6 Å². The fraction of sp³-hybridized carbons (Fsp3) is 0.500. The minimum Gasteiger partial charge on any atom is -0.336 e. The summed E-state index contributed by atoms with van der Waals surface area (Å²) in [6.07, 6.45) is -15.4. The van der Waals surface area contributed by atoms with Gasteiger partial charge in [-0.3, -0.25) is 9.69 Å². The predicted octanol–water partition coefficient (Wildman–Crippen LogP) is 5.27. The van der Waals surface area contributed by atoms with Crippen molar-refractivity contribution in [1.82, 2.24) is 9.80 Å². The van der Waals surface area contributed by atoms with Gasteiger partial charge >= 0.3 is 18.0 Å². The maximum atomic E-state index is 15.0. The van der Waals surface area contributed by atoms with Crippen LogP contribution in [0.5, 0.6) is 0 Å². The van der Waals surface area contributed by atoms with Crippen LogP contribution in [0.25, 0.3) is 0 Å². The molecule has 0 radical (unpaired) electrons. The first kappa shape index (κ1) is 32.1. The van der Waals surface area contributed by atoms with Gasteiger partial charge in [0, 0.05) is 25.1 Å². The van der Waals surface area contributed by atoms with Crippen LogP contribution in [0, 0.1) is 17.1 Å². The Bertz CT molecular complexity index is 1590. The Morgan fingerprint density at radius 1 is 1.02 bits per heavy atom. The summed E-state index contributed by atoms with van der Waals surface area (Å²) < 4.78 is 151. The molecule has 0 N–H and O–H groups in total. The highest BCUT2D eigenvalue weighted by Gasteiger charge is 2.74. The van der Waals surface area contributed by atoms with Crippen LogP contribution in [0.2, 0.25) is 0 Å². The number of sulfone groups is 1. The average Bonchev–Trinajstić information content (AvgIpc) is 3.52. The van der Waals surface area contributed by atoms with Crippen LogP contribution in [-0.4, -0.2) is 74.4 Å². The Hall–Kier alpha value is -3.32. The molecule has 4 atom stereocenters. The molecule has 1 aliphatic carbocycles. The van der Waals surface area contributed by atoms with Gasteiger partial charge in [0.2, 0.25) is 5.91 Å². The smallest absolute Gasteiger partial charge is 0.336 e. The summed E-state index contributed by atoms with van der Waals surface area (Å²) in [5, 5.41) is 9.14. The number of halogens is 9. The molecule has 0 aromatic heterocycles. The number of alkyl halides is 8. The van der Waals surface area contributed by atoms with Crippen molar-refractivity contribution in [1.29, 1.82) is 5.26 Å². The molecular weight excluding hydrogens is 629 g/mol. The largest absolute Gasteiger partial charge is 0.435 e. The number of hydrogen-bond acceptors (Lipinski definition) is 5. The summed E-state index contributed by atoms with van der Waals surface area (Å²) in [7, 11) is -4.66. The molecule has 2 saturated heterocycles. The standard InChI is InChI=1S/C28H24F9N3O3S/c29-18-3-5-20(6-4-18)44(42,43)25-9-11-40(24(41)22-14-19(30)15-39(22)12-10-38)23(25)8-1-16-13-17(2-7-21(16)25)26(31,27(32,33)34)28(35,36)37/h2-7,13,19,22-23H,1,8-9,11-12,14-15H2/t19-,22-,23-,25-/m0/s1. The molecule has 3 aliphatic rings. The SMILES string of the molecule is N#CCN1C[C@@H](F)C[C@H]1C(=O)N1CC[C@]2(S(=O)(=O)c3ccc(F)cc3)c3ccc(C(F)(C(F)(F)F)C(F)(F)F)cc3CC[C@H]12. The van der Waals surface area contributed by atoms with Crippen LogP contribution in [0.3, 0.4) is 0 Å². The van der Waals surface area contributed by atoms with Crippen molar-refractivity contribution in [3.05, 3.63) is 65.0 Å². The lowest BCUT2D eigenvalue weighted by Crippen LogP contribution is -2.55. The predicted molar refractivity (Wildman–Crippen MR) is 136 cm³/mol. The van der Waals surface area contributed by atoms with Crippen molar-refractivity contribution < 1.29 is 52.7 Å². The monoisotopic (exact) mass is 653 g/mol. The highest BCUT2D eigenvalue weighted by Crippen LogP contribution is 2.57. The van der Waals surface area contributed by atoms with Crippen LogP contribution in [0.1, 0.15) is 36.0 Å². The van der Waals surface area contributed by atoms with E-state index in [2.05, 4.69) is 0 Å². The lowest BCUT2D eigenvalue weighted by Gasteiger charge is -2.43. The summed E-state index contributed by atoms with van der Waals surface area (Å²) in [5.41, 5.74) is -8.03. The second kappa shape index (κ2) is 10.6. The molecule has 2 aliphatic heterocycles. The first-order valence-electron chi connectivity index (χ1n) is 13.4. The number of benzene rings is 2. The van der Waals surface area contributed by atoms with Gasteiger partial charge in [0.05, 0.1) is 29.6 Å². The zero-order valence-electron chi connectivity index (χ0n) is 22.6.